The third kappa shape index (κ3) is 58.1. The molecule has 0 saturated heterocycles. The molecular weight excluding hydrogens is 897 g/mol. The van der Waals surface area contributed by atoms with Crippen LogP contribution in [0.1, 0.15) is 407 Å². The van der Waals surface area contributed by atoms with E-state index in [1.165, 1.54) is 263 Å². The third-order valence-electron chi connectivity index (χ3n) is 16.0. The summed E-state index contributed by atoms with van der Waals surface area (Å²) in [6.07, 6.45) is 71.9. The molecule has 0 amide bonds. The van der Waals surface area contributed by atoms with Crippen LogP contribution in [0, 0.1) is 0 Å². The van der Waals surface area contributed by atoms with Crippen molar-refractivity contribution in [1.82, 2.24) is 0 Å². The Morgan fingerprint density at radius 2 is 0.384 bits per heavy atom. The molecule has 0 saturated carbocycles. The molecule has 2 atom stereocenters. The minimum Gasteiger partial charge on any atom is -0.462 e. The molecule has 0 aliphatic heterocycles. The summed E-state index contributed by atoms with van der Waals surface area (Å²) in [7, 11) is 0. The van der Waals surface area contributed by atoms with E-state index in [1.54, 1.807) is 0 Å². The van der Waals surface area contributed by atoms with E-state index in [1.807, 2.05) is 0 Å². The molecule has 0 rings (SSSR count). The lowest BCUT2D eigenvalue weighted by molar-refractivity contribution is -0.151. The fraction of sp³-hybridized carbons (Fsp3) is 0.956. The van der Waals surface area contributed by atoms with E-state index in [4.69, 9.17) is 9.47 Å². The van der Waals surface area contributed by atoms with E-state index in [9.17, 15) is 14.4 Å². The molecule has 0 fully saturated rings. The summed E-state index contributed by atoms with van der Waals surface area (Å²) < 4.78 is 12.2. The zero-order valence-electron chi connectivity index (χ0n) is 50.4. The van der Waals surface area contributed by atoms with Gasteiger partial charge in [-0.1, -0.05) is 304 Å². The number of hydrogen-bond donors (Lipinski definition) is 0. The summed E-state index contributed by atoms with van der Waals surface area (Å²) in [5, 5.41) is 0. The standard InChI is InChI=1S/C68H132O5/c1-5-9-13-17-21-23-25-27-29-31-37-46-54-62-67(70)72-65(58-50-42-20-16-12-8-4)60-52-44-36-33-35-40-48-56-64(69)57-49-41-39-45-53-61-66(59-51-43-34-19-15-11-7-3)73-68(71)63-55-47-38-32-30-28-26-24-22-18-14-10-6-2/h65-66H,5-63H2,1-4H3. The van der Waals surface area contributed by atoms with Crippen molar-refractivity contribution in [2.75, 3.05) is 0 Å². The second-order valence-electron chi connectivity index (χ2n) is 23.5. The number of hydrogen-bond acceptors (Lipinski definition) is 5. The summed E-state index contributed by atoms with van der Waals surface area (Å²) >= 11 is 0. The van der Waals surface area contributed by atoms with Crippen molar-refractivity contribution in [2.24, 2.45) is 0 Å². The van der Waals surface area contributed by atoms with Gasteiger partial charge in [0, 0.05) is 25.7 Å². The van der Waals surface area contributed by atoms with E-state index in [0.717, 1.165) is 103 Å². The van der Waals surface area contributed by atoms with Gasteiger partial charge in [0.25, 0.3) is 0 Å². The quantitative estimate of drug-likeness (QED) is 0.0448. The second-order valence-corrected chi connectivity index (χ2v) is 23.5. The Balaban J connectivity index is 4.19. The molecule has 0 radical (unpaired) electrons. The highest BCUT2D eigenvalue weighted by Crippen LogP contribution is 2.22. The van der Waals surface area contributed by atoms with Crippen LogP contribution in [0.25, 0.3) is 0 Å². The molecule has 73 heavy (non-hydrogen) atoms. The highest BCUT2D eigenvalue weighted by Gasteiger charge is 2.16. The first-order chi connectivity index (χ1) is 36.0. The van der Waals surface area contributed by atoms with Gasteiger partial charge in [-0.2, -0.15) is 0 Å². The number of ether oxygens (including phenoxy) is 2. The Kier molecular flexibility index (Phi) is 60.3. The predicted octanol–water partition coefficient (Wildman–Crippen LogP) is 23.5. The van der Waals surface area contributed by atoms with Gasteiger partial charge >= 0.3 is 11.9 Å². The number of ketones is 1. The Hall–Kier alpha value is -1.39. The van der Waals surface area contributed by atoms with Crippen molar-refractivity contribution in [3.8, 4) is 0 Å². The largest absolute Gasteiger partial charge is 0.462 e. The minimum absolute atomic E-state index is 0.0304. The number of esters is 2. The first kappa shape index (κ1) is 71.6. The van der Waals surface area contributed by atoms with Crippen LogP contribution in [0.2, 0.25) is 0 Å². The molecule has 0 heterocycles. The molecule has 0 aromatic heterocycles. The van der Waals surface area contributed by atoms with Crippen LogP contribution in [0.15, 0.2) is 0 Å². The van der Waals surface area contributed by atoms with Crippen LogP contribution in [-0.2, 0) is 23.9 Å². The fourth-order valence-electron chi connectivity index (χ4n) is 11.0. The first-order valence-electron chi connectivity index (χ1n) is 33.9. The van der Waals surface area contributed by atoms with Gasteiger partial charge in [-0.25, -0.2) is 0 Å². The molecule has 434 valence electrons. The van der Waals surface area contributed by atoms with Crippen molar-refractivity contribution < 1.29 is 23.9 Å². The lowest BCUT2D eigenvalue weighted by atomic mass is 10.0. The molecule has 0 aliphatic rings. The molecule has 0 aromatic carbocycles. The van der Waals surface area contributed by atoms with E-state index >= 15 is 0 Å². The van der Waals surface area contributed by atoms with Crippen LogP contribution < -0.4 is 0 Å². The first-order valence-corrected chi connectivity index (χ1v) is 33.9. The Bertz CT molecular complexity index is 1100. The fourth-order valence-corrected chi connectivity index (χ4v) is 11.0. The number of unbranched alkanes of at least 4 members (excludes halogenated alkanes) is 45. The Morgan fingerprint density at radius 3 is 0.589 bits per heavy atom. The smallest absolute Gasteiger partial charge is 0.306 e. The maximum Gasteiger partial charge on any atom is 0.306 e. The molecular formula is C68H132O5. The monoisotopic (exact) mass is 1030 g/mol. The Morgan fingerprint density at radius 1 is 0.219 bits per heavy atom. The van der Waals surface area contributed by atoms with Gasteiger partial charge in [-0.05, 0) is 77.0 Å². The molecule has 0 aliphatic carbocycles. The van der Waals surface area contributed by atoms with Gasteiger partial charge in [0.1, 0.15) is 18.0 Å². The lowest BCUT2D eigenvalue weighted by Gasteiger charge is -2.18. The predicted molar refractivity (Wildman–Crippen MR) is 320 cm³/mol. The highest BCUT2D eigenvalue weighted by atomic mass is 16.5. The summed E-state index contributed by atoms with van der Waals surface area (Å²) in [5.41, 5.74) is 0. The molecule has 0 spiro atoms. The second kappa shape index (κ2) is 61.5. The SMILES string of the molecule is CCCCCCCCCCCCCCCC(=O)OC(CCCCCCCC)CCCCCCCCCC(=O)CCCCCCCC(CCCCCCCCC)OC(=O)CCCCCCCCCCCCCCC. The summed E-state index contributed by atoms with van der Waals surface area (Å²) in [6, 6.07) is 0. The average Bonchev–Trinajstić information content (AvgIpc) is 3.38. The number of carbonyl (C=O) groups is 3. The van der Waals surface area contributed by atoms with Gasteiger partial charge in [-0.3, -0.25) is 14.4 Å². The van der Waals surface area contributed by atoms with Crippen LogP contribution in [-0.4, -0.2) is 29.9 Å². The summed E-state index contributed by atoms with van der Waals surface area (Å²) in [5.74, 6) is 0.519. The van der Waals surface area contributed by atoms with Gasteiger partial charge < -0.3 is 9.47 Å². The molecule has 2 unspecified atom stereocenters. The maximum absolute atomic E-state index is 12.9. The molecule has 5 nitrogen and oxygen atoms in total. The molecule has 0 N–H and O–H groups in total. The normalized spacial score (nSPS) is 12.4. The van der Waals surface area contributed by atoms with Gasteiger partial charge in [0.15, 0.2) is 0 Å². The third-order valence-corrected chi connectivity index (χ3v) is 16.0. The van der Waals surface area contributed by atoms with Crippen LogP contribution in [0.5, 0.6) is 0 Å². The van der Waals surface area contributed by atoms with Crippen LogP contribution in [0.3, 0.4) is 0 Å². The zero-order valence-corrected chi connectivity index (χ0v) is 50.4. The lowest BCUT2D eigenvalue weighted by Crippen LogP contribution is -2.18. The Labute approximate surface area is 458 Å². The zero-order chi connectivity index (χ0) is 53.0. The molecule has 0 aromatic rings. The minimum atomic E-state index is 0.0304. The summed E-state index contributed by atoms with van der Waals surface area (Å²) in [4.78, 5) is 38.4. The van der Waals surface area contributed by atoms with Crippen molar-refractivity contribution >= 4 is 17.7 Å². The highest BCUT2D eigenvalue weighted by molar-refractivity contribution is 5.78. The van der Waals surface area contributed by atoms with E-state index in [-0.39, 0.29) is 24.1 Å². The average molecular weight is 1030 g/mol. The topological polar surface area (TPSA) is 69.7 Å². The maximum atomic E-state index is 12.9. The van der Waals surface area contributed by atoms with Crippen LogP contribution in [0.4, 0.5) is 0 Å². The number of rotatable bonds is 63. The van der Waals surface area contributed by atoms with Gasteiger partial charge in [0.2, 0.25) is 0 Å². The van der Waals surface area contributed by atoms with E-state index in [2.05, 4.69) is 27.7 Å². The van der Waals surface area contributed by atoms with Crippen molar-refractivity contribution in [2.45, 2.75) is 419 Å². The van der Waals surface area contributed by atoms with Crippen LogP contribution >= 0.6 is 0 Å². The van der Waals surface area contributed by atoms with E-state index in [0.29, 0.717) is 18.6 Å². The molecule has 0 bridgehead atoms. The van der Waals surface area contributed by atoms with Crippen molar-refractivity contribution in [1.29, 1.82) is 0 Å². The van der Waals surface area contributed by atoms with Gasteiger partial charge in [-0.15, -0.1) is 0 Å². The molecule has 5 heteroatoms. The number of carbonyl (C=O) groups excluding carboxylic acids is 3. The van der Waals surface area contributed by atoms with E-state index < -0.39 is 0 Å². The van der Waals surface area contributed by atoms with Crippen molar-refractivity contribution in [3.05, 3.63) is 0 Å². The number of Topliss-reactive ketones (excluding diaryl/α,β-unsaturated/α-hetero) is 1. The summed E-state index contributed by atoms with van der Waals surface area (Å²) in [6.45, 7) is 9.12. The van der Waals surface area contributed by atoms with Crippen molar-refractivity contribution in [3.63, 3.8) is 0 Å². The van der Waals surface area contributed by atoms with Gasteiger partial charge in [0.05, 0.1) is 0 Å².